The molecule has 0 spiro atoms. The Hall–Kier alpha value is -5.69. The molecule has 11 N–H and O–H groups in total. The zero-order valence-corrected chi connectivity index (χ0v) is 54.9. The molecule has 2 aliphatic heterocycles. The molecule has 502 valence electrons. The van der Waals surface area contributed by atoms with Crippen LogP contribution in [0.1, 0.15) is 158 Å². The number of aliphatic hydroxyl groups excluding tert-OH is 3. The van der Waals surface area contributed by atoms with Crippen LogP contribution in [0.2, 0.25) is 0 Å². The number of hydrogen-bond acceptors (Lipinski definition) is 22. The van der Waals surface area contributed by atoms with Gasteiger partial charge in [0.25, 0.3) is 5.91 Å². The third-order valence-electron chi connectivity index (χ3n) is 12.6. The molecule has 7 amide bonds. The molecule has 29 nitrogen and oxygen atoms in total. The first-order chi connectivity index (χ1) is 39.5. The number of nitrogens with one attached hydrogen (secondary N) is 7. The van der Waals surface area contributed by atoms with Crippen molar-refractivity contribution in [2.24, 2.45) is 5.92 Å². The van der Waals surface area contributed by atoms with Gasteiger partial charge in [0.15, 0.2) is 6.29 Å². The molecule has 2 fully saturated rings. The first kappa shape index (κ1) is 75.6. The Morgan fingerprint density at radius 3 is 1.57 bits per heavy atom. The second-order valence-electron chi connectivity index (χ2n) is 28.6. The van der Waals surface area contributed by atoms with Crippen molar-refractivity contribution in [2.45, 2.75) is 270 Å². The van der Waals surface area contributed by atoms with Crippen LogP contribution in [0.15, 0.2) is 11.8 Å². The van der Waals surface area contributed by atoms with Crippen LogP contribution >= 0.6 is 0 Å². The van der Waals surface area contributed by atoms with E-state index in [1.807, 2.05) is 6.92 Å². The van der Waals surface area contributed by atoms with E-state index in [1.54, 1.807) is 131 Å². The number of rotatable bonds is 20. The van der Waals surface area contributed by atoms with Crippen LogP contribution in [0.4, 0.5) is 28.8 Å². The van der Waals surface area contributed by atoms with Gasteiger partial charge in [-0.1, -0.05) is 6.92 Å². The van der Waals surface area contributed by atoms with Crippen molar-refractivity contribution in [1.29, 1.82) is 0 Å². The van der Waals surface area contributed by atoms with E-state index in [9.17, 15) is 54.0 Å². The predicted molar refractivity (Wildman–Crippen MR) is 315 cm³/mol. The summed E-state index contributed by atoms with van der Waals surface area (Å²) >= 11 is 0. The Labute approximate surface area is 512 Å². The fraction of sp³-hybridized carbons (Fsp3) is 0.845. The lowest BCUT2D eigenvalue weighted by atomic mass is 9.82. The smallest absolute Gasteiger partial charge is 0.410 e. The molecule has 1 saturated carbocycles. The van der Waals surface area contributed by atoms with Crippen LogP contribution in [0, 0.1) is 5.92 Å². The topological polar surface area (TPSA) is 380 Å². The standard InChI is InChI=1S/C58H104N8O21/c1-31(24-32(62-48(73)84-54(8,9)10)27-60-46(71)82-52(2,3)4)26-59-28-33-22-23-34(64-49(74)85-55(11,12)13)44(79-33)80-41-36(65-50(75)86-56(14,15)16)25-35(63-43(70)37(67)29-61-47(72)83-53(5,6)7)40(38(41)68)81-45-39(69)42(58(20,77)30-78-45)66(21)51(76)87-57(17,18)19/h22,31-32,34-42,44-45,59,67-69,77H,23-30H2,1-21H3,(H,60,71)(H,61,72)(H,62,73)(H,63,70)(H,64,74)(H,65,75)/t31-,32?,34+,35+,36-,37-,38+,39+,40-,41+,42+,44+,45+,58-/m0/s1. The van der Waals surface area contributed by atoms with Crippen LogP contribution in [0.25, 0.3) is 0 Å². The molecule has 1 unspecified atom stereocenters. The first-order valence-corrected chi connectivity index (χ1v) is 29.4. The van der Waals surface area contributed by atoms with E-state index in [2.05, 4.69) is 37.2 Å². The highest BCUT2D eigenvalue weighted by Crippen LogP contribution is 2.35. The average Bonchev–Trinajstić information content (AvgIpc) is 1.02. The normalized spacial score (nSPS) is 26.6. The maximum absolute atomic E-state index is 14.0. The van der Waals surface area contributed by atoms with Crippen LogP contribution in [-0.2, 0) is 52.2 Å². The minimum atomic E-state index is -1.98. The maximum atomic E-state index is 14.0. The van der Waals surface area contributed by atoms with Gasteiger partial charge in [0, 0.05) is 19.6 Å². The molecule has 14 atom stereocenters. The van der Waals surface area contributed by atoms with Crippen LogP contribution in [-0.4, -0.2) is 220 Å². The number of hydrogen-bond donors (Lipinski definition) is 11. The van der Waals surface area contributed by atoms with E-state index in [0.717, 1.165) is 4.90 Å². The largest absolute Gasteiger partial charge is 0.466 e. The Bertz CT molecular complexity index is 2330. The molecule has 3 aliphatic rings. The third kappa shape index (κ3) is 27.7. The summed E-state index contributed by atoms with van der Waals surface area (Å²) in [7, 11) is 1.29. The number of amides is 7. The number of aliphatic hydroxyl groups is 4. The molecule has 1 aliphatic carbocycles. The zero-order chi connectivity index (χ0) is 66.6. The van der Waals surface area contributed by atoms with Gasteiger partial charge in [-0.3, -0.25) is 4.79 Å². The van der Waals surface area contributed by atoms with Gasteiger partial charge in [0.05, 0.1) is 43.9 Å². The lowest BCUT2D eigenvalue weighted by Crippen LogP contribution is -2.71. The van der Waals surface area contributed by atoms with Crippen molar-refractivity contribution >= 4 is 42.5 Å². The number of carbonyl (C=O) groups is 7. The summed E-state index contributed by atoms with van der Waals surface area (Å²) in [5.74, 6) is -0.938. The van der Waals surface area contributed by atoms with Crippen molar-refractivity contribution < 1.29 is 101 Å². The second kappa shape index (κ2) is 30.7. The Balaban J connectivity index is 2.09. The van der Waals surface area contributed by atoms with Crippen LogP contribution in [0.5, 0.6) is 0 Å². The minimum Gasteiger partial charge on any atom is -0.466 e. The van der Waals surface area contributed by atoms with Crippen LogP contribution < -0.4 is 37.2 Å². The lowest BCUT2D eigenvalue weighted by molar-refractivity contribution is -0.311. The Kier molecular flexibility index (Phi) is 26.6. The summed E-state index contributed by atoms with van der Waals surface area (Å²) in [4.78, 5) is 93.7. The van der Waals surface area contributed by atoms with E-state index in [0.29, 0.717) is 18.7 Å². The van der Waals surface area contributed by atoms with Gasteiger partial charge in [0.2, 0.25) is 6.29 Å². The summed E-state index contributed by atoms with van der Waals surface area (Å²) in [6.45, 7) is 32.4. The van der Waals surface area contributed by atoms with Crippen molar-refractivity contribution in [3.8, 4) is 0 Å². The summed E-state index contributed by atoms with van der Waals surface area (Å²) in [5.41, 5.74) is -7.38. The van der Waals surface area contributed by atoms with E-state index >= 15 is 0 Å². The molecular weight excluding hydrogens is 1140 g/mol. The summed E-state index contributed by atoms with van der Waals surface area (Å²) < 4.78 is 58.5. The molecule has 87 heavy (non-hydrogen) atoms. The van der Waals surface area contributed by atoms with E-state index in [-0.39, 0.29) is 31.8 Å². The Morgan fingerprint density at radius 1 is 0.621 bits per heavy atom. The van der Waals surface area contributed by atoms with Gasteiger partial charge >= 0.3 is 36.6 Å². The van der Waals surface area contributed by atoms with Gasteiger partial charge in [0.1, 0.15) is 75.5 Å². The van der Waals surface area contributed by atoms with Gasteiger partial charge in [-0.2, -0.15) is 0 Å². The monoisotopic (exact) mass is 1250 g/mol. The van der Waals surface area contributed by atoms with Gasteiger partial charge < -0.3 is 110 Å². The first-order valence-electron chi connectivity index (χ1n) is 29.4. The number of carbonyl (C=O) groups excluding carboxylic acids is 7. The van der Waals surface area contributed by atoms with Crippen molar-refractivity contribution in [3.05, 3.63) is 11.8 Å². The molecular formula is C58H104N8O21. The SMILES string of the molecule is C[C@H](CNCC1=CC[C@@H](NC(=O)OC(C)(C)C)[C@@H](O[C@H]2[C@H](O)[C@@H](O[C@H]3OC[C@](C)(O)[C@H](N(C)C(=O)OC(C)(C)C)[C@H]3O)[C@H](NC(=O)[C@@H](O)CNC(=O)OC(C)(C)C)C[C@@H]2NC(=O)OC(C)(C)C)O1)CC(CNC(=O)OC(C)(C)C)NC(=O)OC(C)(C)C. The molecule has 0 aromatic heterocycles. The number of likely N-dealkylation sites (N-methyl/N-ethyl adjacent to an activating group) is 1. The summed E-state index contributed by atoms with van der Waals surface area (Å²) in [6.07, 6.45) is -15.7. The third-order valence-corrected chi connectivity index (χ3v) is 12.6. The van der Waals surface area contributed by atoms with Gasteiger partial charge in [-0.05, 0) is 169 Å². The molecule has 0 aromatic rings. The minimum absolute atomic E-state index is 0.0191. The van der Waals surface area contributed by atoms with E-state index < -0.39 is 168 Å². The fourth-order valence-corrected chi connectivity index (χ4v) is 9.31. The van der Waals surface area contributed by atoms with Crippen molar-refractivity contribution in [1.82, 2.24) is 42.1 Å². The highest BCUT2D eigenvalue weighted by molar-refractivity contribution is 5.82. The average molecular weight is 1250 g/mol. The number of ether oxygens (including phenoxy) is 10. The summed E-state index contributed by atoms with van der Waals surface area (Å²) in [5, 5.41) is 66.9. The van der Waals surface area contributed by atoms with Gasteiger partial charge in [-0.25, -0.2) is 28.8 Å². The molecule has 1 saturated heterocycles. The molecule has 3 rings (SSSR count). The molecule has 0 aromatic carbocycles. The predicted octanol–water partition coefficient (Wildman–Crippen LogP) is 4.05. The quantitative estimate of drug-likeness (QED) is 0.0766. The molecule has 0 radical (unpaired) electrons. The number of alkyl carbamates (subject to hydrolysis) is 5. The highest BCUT2D eigenvalue weighted by Gasteiger charge is 2.55. The number of nitrogens with zero attached hydrogens (tertiary/aromatic N) is 1. The molecule has 0 bridgehead atoms. The molecule has 2 heterocycles. The second-order valence-corrected chi connectivity index (χ2v) is 28.6. The highest BCUT2D eigenvalue weighted by atomic mass is 16.7. The fourth-order valence-electron chi connectivity index (χ4n) is 9.31. The zero-order valence-electron chi connectivity index (χ0n) is 54.9. The Morgan fingerprint density at radius 2 is 1.07 bits per heavy atom. The van der Waals surface area contributed by atoms with Crippen LogP contribution in [0.3, 0.4) is 0 Å². The van der Waals surface area contributed by atoms with Crippen molar-refractivity contribution in [3.63, 3.8) is 0 Å². The maximum Gasteiger partial charge on any atom is 0.410 e. The van der Waals surface area contributed by atoms with Gasteiger partial charge in [-0.15, -0.1) is 0 Å². The summed E-state index contributed by atoms with van der Waals surface area (Å²) in [6, 6.07) is -5.88. The lowest BCUT2D eigenvalue weighted by Gasteiger charge is -2.50. The van der Waals surface area contributed by atoms with E-state index in [4.69, 9.17) is 47.4 Å². The van der Waals surface area contributed by atoms with E-state index in [1.165, 1.54) is 14.0 Å². The molecule has 29 heteroatoms. The van der Waals surface area contributed by atoms with Crippen molar-refractivity contribution in [2.75, 3.05) is 39.8 Å².